The van der Waals surface area contributed by atoms with Gasteiger partial charge in [-0.3, -0.25) is 0 Å². The number of rotatable bonds is 5. The van der Waals surface area contributed by atoms with Gasteiger partial charge in [0.2, 0.25) is 11.8 Å². The van der Waals surface area contributed by atoms with Crippen molar-refractivity contribution in [2.45, 2.75) is 38.3 Å². The van der Waals surface area contributed by atoms with Crippen LogP contribution in [0.1, 0.15) is 26.7 Å². The molecule has 16 heavy (non-hydrogen) atoms. The van der Waals surface area contributed by atoms with E-state index in [0.29, 0.717) is 17.7 Å². The Hall–Kier alpha value is -1.03. The molecule has 0 aliphatic heterocycles. The van der Waals surface area contributed by atoms with Crippen molar-refractivity contribution >= 4 is 17.5 Å². The number of alkyl halides is 1. The van der Waals surface area contributed by atoms with Crippen LogP contribution in [0.25, 0.3) is 0 Å². The second kappa shape index (κ2) is 4.45. The Kier molecular flexibility index (Phi) is 3.19. The fourth-order valence-corrected chi connectivity index (χ4v) is 1.72. The molecule has 0 unspecified atom stereocenters. The number of nitrogens with zero attached hydrogens (tertiary/aromatic N) is 2. The summed E-state index contributed by atoms with van der Waals surface area (Å²) in [6.45, 7) is 3.94. The van der Waals surface area contributed by atoms with Gasteiger partial charge in [0.15, 0.2) is 0 Å². The Morgan fingerprint density at radius 2 is 2.31 bits per heavy atom. The van der Waals surface area contributed by atoms with E-state index in [1.807, 2.05) is 13.8 Å². The van der Waals surface area contributed by atoms with Crippen LogP contribution in [-0.2, 0) is 0 Å². The first-order chi connectivity index (χ1) is 7.63. The van der Waals surface area contributed by atoms with Crippen molar-refractivity contribution < 1.29 is 4.74 Å². The van der Waals surface area contributed by atoms with E-state index in [0.717, 1.165) is 12.8 Å². The van der Waals surface area contributed by atoms with E-state index in [4.69, 9.17) is 16.3 Å². The third-order valence-electron chi connectivity index (χ3n) is 2.47. The summed E-state index contributed by atoms with van der Waals surface area (Å²) >= 11 is 5.88. The van der Waals surface area contributed by atoms with E-state index in [-0.39, 0.29) is 11.6 Å². The minimum Gasteiger partial charge on any atom is -0.475 e. The van der Waals surface area contributed by atoms with Gasteiger partial charge in [-0.15, -0.1) is 11.6 Å². The Morgan fingerprint density at radius 3 is 2.88 bits per heavy atom. The lowest BCUT2D eigenvalue weighted by molar-refractivity contribution is 0.232. The summed E-state index contributed by atoms with van der Waals surface area (Å²) in [7, 11) is 0. The summed E-state index contributed by atoms with van der Waals surface area (Å²) in [4.78, 5) is 8.44. The quantitative estimate of drug-likeness (QED) is 0.805. The minimum absolute atomic E-state index is 0.0119. The molecule has 0 bridgehead atoms. The minimum atomic E-state index is 0.0119. The highest BCUT2D eigenvalue weighted by molar-refractivity contribution is 6.19. The molecule has 5 heteroatoms. The van der Waals surface area contributed by atoms with Crippen molar-refractivity contribution in [3.63, 3.8) is 0 Å². The molecule has 1 N–H and O–H groups in total. The van der Waals surface area contributed by atoms with Crippen LogP contribution >= 0.6 is 11.6 Å². The lowest BCUT2D eigenvalue weighted by atomic mass is 10.3. The Labute approximate surface area is 100 Å². The van der Waals surface area contributed by atoms with Crippen LogP contribution in [0, 0.1) is 0 Å². The topological polar surface area (TPSA) is 47.0 Å². The molecule has 4 nitrogen and oxygen atoms in total. The average Bonchev–Trinajstić information content (AvgIpc) is 2.98. The number of hydrogen-bond donors (Lipinski definition) is 1. The fourth-order valence-electron chi connectivity index (χ4n) is 1.39. The van der Waals surface area contributed by atoms with Gasteiger partial charge in [0.25, 0.3) is 0 Å². The zero-order valence-electron chi connectivity index (χ0n) is 9.53. The van der Waals surface area contributed by atoms with Crippen molar-refractivity contribution in [3.05, 3.63) is 12.3 Å². The third kappa shape index (κ3) is 2.76. The maximum absolute atomic E-state index is 5.88. The molecular formula is C11H16ClN3O. The van der Waals surface area contributed by atoms with Crippen LogP contribution in [0.5, 0.6) is 5.88 Å². The zero-order chi connectivity index (χ0) is 11.6. The first-order valence-corrected chi connectivity index (χ1v) is 6.01. The molecule has 0 saturated heterocycles. The summed E-state index contributed by atoms with van der Waals surface area (Å²) < 4.78 is 5.50. The summed E-state index contributed by atoms with van der Waals surface area (Å²) in [6.07, 6.45) is 3.97. The summed E-state index contributed by atoms with van der Waals surface area (Å²) in [5, 5.41) is 3.26. The van der Waals surface area contributed by atoms with Crippen molar-refractivity contribution in [2.75, 3.05) is 11.2 Å². The van der Waals surface area contributed by atoms with Crippen molar-refractivity contribution in [1.29, 1.82) is 0 Å². The predicted octanol–water partition coefficient (Wildman–Crippen LogP) is 2.45. The molecule has 1 aromatic heterocycles. The van der Waals surface area contributed by atoms with Crippen molar-refractivity contribution in [2.24, 2.45) is 0 Å². The van der Waals surface area contributed by atoms with Gasteiger partial charge in [-0.05, 0) is 26.7 Å². The molecule has 1 fully saturated rings. The normalized spacial score (nSPS) is 17.2. The maximum Gasteiger partial charge on any atom is 0.226 e. The molecule has 1 heterocycles. The summed E-state index contributed by atoms with van der Waals surface area (Å²) in [5.74, 6) is 1.78. The number of hydrogen-bond acceptors (Lipinski definition) is 4. The Bertz CT molecular complexity index is 366. The average molecular weight is 242 g/mol. The molecule has 1 aliphatic carbocycles. The fraction of sp³-hybridized carbons (Fsp3) is 0.636. The van der Waals surface area contributed by atoms with E-state index >= 15 is 0 Å². The zero-order valence-corrected chi connectivity index (χ0v) is 10.3. The molecule has 1 saturated carbocycles. The molecular weight excluding hydrogens is 226 g/mol. The van der Waals surface area contributed by atoms with E-state index in [1.54, 1.807) is 12.3 Å². The van der Waals surface area contributed by atoms with Crippen molar-refractivity contribution in [3.8, 4) is 5.88 Å². The first-order valence-electron chi connectivity index (χ1n) is 5.47. The second-order valence-corrected chi connectivity index (χ2v) is 4.69. The highest BCUT2D eigenvalue weighted by atomic mass is 35.5. The molecule has 0 atom stereocenters. The molecule has 1 aliphatic rings. The van der Waals surface area contributed by atoms with Gasteiger partial charge in [-0.1, -0.05) is 0 Å². The lowest BCUT2D eigenvalue weighted by Crippen LogP contribution is -2.24. The van der Waals surface area contributed by atoms with Crippen molar-refractivity contribution in [1.82, 2.24) is 9.97 Å². The molecule has 0 radical (unpaired) electrons. The standard InChI is InChI=1S/C11H16ClN3O/c1-8(2)16-9-3-6-13-10(14-9)15-11(7-12)4-5-11/h3,6,8H,4-5,7H2,1-2H3,(H,13,14,15). The highest BCUT2D eigenvalue weighted by Crippen LogP contribution is 2.39. The van der Waals surface area contributed by atoms with Gasteiger partial charge >= 0.3 is 0 Å². The predicted molar refractivity (Wildman–Crippen MR) is 64.1 cm³/mol. The second-order valence-electron chi connectivity index (χ2n) is 4.42. The van der Waals surface area contributed by atoms with E-state index in [9.17, 15) is 0 Å². The molecule has 0 spiro atoms. The number of aromatic nitrogens is 2. The molecule has 0 aromatic carbocycles. The van der Waals surface area contributed by atoms with Gasteiger partial charge in [-0.25, -0.2) is 4.98 Å². The Balaban J connectivity index is 2.04. The molecule has 0 amide bonds. The molecule has 1 aromatic rings. The first kappa shape index (κ1) is 11.5. The highest BCUT2D eigenvalue weighted by Gasteiger charge is 2.42. The van der Waals surface area contributed by atoms with Gasteiger partial charge in [0.1, 0.15) is 0 Å². The van der Waals surface area contributed by atoms with Crippen LogP contribution in [-0.4, -0.2) is 27.5 Å². The van der Waals surface area contributed by atoms with Gasteiger partial charge < -0.3 is 10.1 Å². The SMILES string of the molecule is CC(C)Oc1ccnc(NC2(CCl)CC2)n1. The van der Waals surface area contributed by atoms with Crippen LogP contribution < -0.4 is 10.1 Å². The van der Waals surface area contributed by atoms with Crippen LogP contribution in [0.3, 0.4) is 0 Å². The lowest BCUT2D eigenvalue weighted by Gasteiger charge is -2.14. The number of nitrogens with one attached hydrogen (secondary N) is 1. The van der Waals surface area contributed by atoms with E-state index < -0.39 is 0 Å². The monoisotopic (exact) mass is 241 g/mol. The van der Waals surface area contributed by atoms with Crippen LogP contribution in [0.15, 0.2) is 12.3 Å². The molecule has 2 rings (SSSR count). The smallest absolute Gasteiger partial charge is 0.226 e. The summed E-state index contributed by atoms with van der Waals surface area (Å²) in [6, 6.07) is 1.76. The van der Waals surface area contributed by atoms with Gasteiger partial charge in [-0.2, -0.15) is 4.98 Å². The number of halogens is 1. The summed E-state index contributed by atoms with van der Waals surface area (Å²) in [5.41, 5.74) is 0.0119. The molecule has 88 valence electrons. The van der Waals surface area contributed by atoms with Gasteiger partial charge in [0, 0.05) is 18.1 Å². The van der Waals surface area contributed by atoms with E-state index in [2.05, 4.69) is 15.3 Å². The van der Waals surface area contributed by atoms with Crippen LogP contribution in [0.4, 0.5) is 5.95 Å². The van der Waals surface area contributed by atoms with Gasteiger partial charge in [0.05, 0.1) is 11.6 Å². The third-order valence-corrected chi connectivity index (χ3v) is 2.98. The number of ether oxygens (including phenoxy) is 1. The maximum atomic E-state index is 5.88. The Morgan fingerprint density at radius 1 is 1.56 bits per heavy atom. The van der Waals surface area contributed by atoms with E-state index in [1.165, 1.54) is 0 Å². The number of anilines is 1. The van der Waals surface area contributed by atoms with Crippen LogP contribution in [0.2, 0.25) is 0 Å². The largest absolute Gasteiger partial charge is 0.475 e.